The lowest BCUT2D eigenvalue weighted by Crippen LogP contribution is -2.51. The molecule has 2 atom stereocenters. The van der Waals surface area contributed by atoms with E-state index in [0.717, 1.165) is 6.07 Å². The largest absolute Gasteiger partial charge is 0.358 e. The van der Waals surface area contributed by atoms with Crippen molar-refractivity contribution >= 4 is 29.0 Å². The Morgan fingerprint density at radius 1 is 1.27 bits per heavy atom. The summed E-state index contributed by atoms with van der Waals surface area (Å²) in [5.41, 5.74) is 2.55. The van der Waals surface area contributed by atoms with E-state index in [1.54, 1.807) is 18.7 Å². The van der Waals surface area contributed by atoms with E-state index in [4.69, 9.17) is 17.1 Å². The van der Waals surface area contributed by atoms with Crippen LogP contribution in [0.5, 0.6) is 0 Å². The summed E-state index contributed by atoms with van der Waals surface area (Å²) in [5.74, 6) is -2.70. The van der Waals surface area contributed by atoms with Crippen molar-refractivity contribution < 1.29 is 23.2 Å². The molecule has 1 aromatic rings. The van der Waals surface area contributed by atoms with Crippen LogP contribution in [-0.2, 0) is 21.0 Å². The Morgan fingerprint density at radius 3 is 2.60 bits per heavy atom. The number of rotatable bonds is 9. The van der Waals surface area contributed by atoms with Gasteiger partial charge in [0.25, 0.3) is 5.91 Å². The van der Waals surface area contributed by atoms with E-state index in [9.17, 15) is 18.4 Å². The molecule has 0 radical (unpaired) electrons. The molecule has 6 nitrogen and oxygen atoms in total. The molecule has 0 spiro atoms. The molecule has 0 bridgehead atoms. The molecule has 30 heavy (non-hydrogen) atoms. The van der Waals surface area contributed by atoms with Gasteiger partial charge in [-0.1, -0.05) is 38.2 Å². The topological polar surface area (TPSA) is 70.7 Å². The number of halogens is 2. The van der Waals surface area contributed by atoms with Gasteiger partial charge in [-0.05, 0) is 38.7 Å². The van der Waals surface area contributed by atoms with Gasteiger partial charge in [0.1, 0.15) is 6.04 Å². The fourth-order valence-corrected chi connectivity index (χ4v) is 3.63. The molecule has 1 aromatic carbocycles. The molecule has 166 valence electrons. The molecule has 0 aliphatic carbocycles. The monoisotopic (exact) mass is 441 g/mol. The average Bonchev–Trinajstić information content (AvgIpc) is 3.00. The molecule has 1 heterocycles. The van der Waals surface area contributed by atoms with Crippen molar-refractivity contribution in [1.29, 1.82) is 0 Å². The molecule has 0 aromatic heterocycles. The zero-order valence-corrected chi connectivity index (χ0v) is 18.5. The lowest BCUT2D eigenvalue weighted by molar-refractivity contribution is -0.142. The Hall–Kier alpha value is -2.13. The number of amides is 2. The van der Waals surface area contributed by atoms with Gasteiger partial charge in [-0.3, -0.25) is 14.4 Å². The minimum Gasteiger partial charge on any atom is -0.358 e. The van der Waals surface area contributed by atoms with E-state index < -0.39 is 23.6 Å². The normalized spacial score (nSPS) is 17.5. The van der Waals surface area contributed by atoms with Gasteiger partial charge >= 0.3 is 0 Å². The Morgan fingerprint density at radius 2 is 1.97 bits per heavy atom. The van der Waals surface area contributed by atoms with Crippen molar-refractivity contribution in [1.82, 2.24) is 15.7 Å². The van der Waals surface area contributed by atoms with Crippen molar-refractivity contribution in [2.75, 3.05) is 0 Å². The summed E-state index contributed by atoms with van der Waals surface area (Å²) in [7, 11) is 0. The number of thiocarbonyl (C=S) groups is 1. The number of nitrogens with one attached hydrogen (secondary N) is 2. The van der Waals surface area contributed by atoms with Crippen LogP contribution in [0.25, 0.3) is 0 Å². The zero-order valence-electron chi connectivity index (χ0n) is 17.7. The predicted molar refractivity (Wildman–Crippen MR) is 113 cm³/mol. The molecule has 9 heteroatoms. The number of carbonyl (C=O) groups is 2. The van der Waals surface area contributed by atoms with Gasteiger partial charge in [0.05, 0.1) is 11.1 Å². The molecule has 0 saturated carbocycles. The standard InChI is InChI=1S/C21H29F2N3O3S/c1-12(2)20(21(28)25-29-13(3)4)24-17(27)10-15-8-9-18(30)26(15)11-14-6-5-7-16(22)19(14)23/h5-7,12-13,15,20H,8-11H2,1-4H3,(H,24,27)(H,25,28)/t15-,20-/m0/s1. The van der Waals surface area contributed by atoms with Gasteiger partial charge in [0.15, 0.2) is 11.6 Å². The summed E-state index contributed by atoms with van der Waals surface area (Å²) in [5, 5.41) is 2.75. The third-order valence-corrected chi connectivity index (χ3v) is 5.35. The van der Waals surface area contributed by atoms with E-state index in [1.807, 2.05) is 13.8 Å². The molecular weight excluding hydrogens is 412 g/mol. The van der Waals surface area contributed by atoms with Crippen LogP contribution in [0.1, 0.15) is 52.5 Å². The summed E-state index contributed by atoms with van der Waals surface area (Å²) in [4.78, 5) is 32.5. The summed E-state index contributed by atoms with van der Waals surface area (Å²) in [6, 6.07) is 3.01. The van der Waals surface area contributed by atoms with Crippen molar-refractivity contribution in [2.24, 2.45) is 5.92 Å². The highest BCUT2D eigenvalue weighted by Gasteiger charge is 2.32. The Labute approximate surface area is 181 Å². The van der Waals surface area contributed by atoms with Crippen LogP contribution in [0.15, 0.2) is 18.2 Å². The zero-order chi connectivity index (χ0) is 22.4. The molecule has 2 amide bonds. The Bertz CT molecular complexity index is 789. The van der Waals surface area contributed by atoms with E-state index >= 15 is 0 Å². The van der Waals surface area contributed by atoms with E-state index in [1.165, 1.54) is 12.1 Å². The second kappa shape index (κ2) is 10.8. The van der Waals surface area contributed by atoms with Crippen molar-refractivity contribution in [3.63, 3.8) is 0 Å². The molecule has 1 saturated heterocycles. The van der Waals surface area contributed by atoms with E-state index in [0.29, 0.717) is 17.8 Å². The van der Waals surface area contributed by atoms with Gasteiger partial charge in [-0.25, -0.2) is 14.3 Å². The molecule has 0 unspecified atom stereocenters. The van der Waals surface area contributed by atoms with Gasteiger partial charge in [-0.2, -0.15) is 0 Å². The van der Waals surface area contributed by atoms with Crippen molar-refractivity contribution in [2.45, 2.75) is 71.7 Å². The van der Waals surface area contributed by atoms with Crippen LogP contribution >= 0.6 is 12.2 Å². The maximum atomic E-state index is 14.1. The summed E-state index contributed by atoms with van der Waals surface area (Å²) < 4.78 is 27.6. The molecule has 2 rings (SSSR count). The lowest BCUT2D eigenvalue weighted by atomic mass is 10.0. The molecule has 1 fully saturated rings. The van der Waals surface area contributed by atoms with Crippen LogP contribution in [0.4, 0.5) is 8.78 Å². The first kappa shape index (κ1) is 24.1. The number of hydrogen-bond acceptors (Lipinski definition) is 4. The van der Waals surface area contributed by atoms with Gasteiger partial charge in [0.2, 0.25) is 5.91 Å². The van der Waals surface area contributed by atoms with Crippen molar-refractivity contribution in [3.8, 4) is 0 Å². The van der Waals surface area contributed by atoms with Crippen LogP contribution in [0.2, 0.25) is 0 Å². The smallest absolute Gasteiger partial charge is 0.266 e. The van der Waals surface area contributed by atoms with Crippen LogP contribution < -0.4 is 10.8 Å². The first-order valence-corrected chi connectivity index (χ1v) is 10.5. The van der Waals surface area contributed by atoms with Gasteiger partial charge < -0.3 is 10.2 Å². The number of likely N-dealkylation sites (tertiary alicyclic amines) is 1. The predicted octanol–water partition coefficient (Wildman–Crippen LogP) is 3.24. The first-order valence-electron chi connectivity index (χ1n) is 10.1. The maximum absolute atomic E-state index is 14.1. The number of carbonyl (C=O) groups excluding carboxylic acids is 2. The highest BCUT2D eigenvalue weighted by atomic mass is 32.1. The highest BCUT2D eigenvalue weighted by molar-refractivity contribution is 7.80. The van der Waals surface area contributed by atoms with Crippen molar-refractivity contribution in [3.05, 3.63) is 35.4 Å². The van der Waals surface area contributed by atoms with E-state index in [2.05, 4.69) is 10.8 Å². The summed E-state index contributed by atoms with van der Waals surface area (Å²) in [6.07, 6.45) is 1.14. The van der Waals surface area contributed by atoms with Crippen LogP contribution in [0.3, 0.4) is 0 Å². The van der Waals surface area contributed by atoms with Crippen LogP contribution in [-0.4, -0.2) is 39.9 Å². The number of benzene rings is 1. The first-order chi connectivity index (χ1) is 14.1. The van der Waals surface area contributed by atoms with Crippen LogP contribution in [0, 0.1) is 17.6 Å². The molecule has 2 N–H and O–H groups in total. The van der Waals surface area contributed by atoms with E-state index in [-0.39, 0.29) is 42.5 Å². The Kier molecular flexibility index (Phi) is 8.66. The average molecular weight is 442 g/mol. The fourth-order valence-electron chi connectivity index (χ4n) is 3.30. The molecular formula is C21H29F2N3O3S. The quantitative estimate of drug-likeness (QED) is 0.455. The number of nitrogens with zero attached hydrogens (tertiary/aromatic N) is 1. The second-order valence-electron chi connectivity index (χ2n) is 8.05. The maximum Gasteiger partial charge on any atom is 0.266 e. The Balaban J connectivity index is 2.02. The molecule has 1 aliphatic rings. The highest BCUT2D eigenvalue weighted by Crippen LogP contribution is 2.26. The van der Waals surface area contributed by atoms with Gasteiger partial charge in [-0.15, -0.1) is 0 Å². The van der Waals surface area contributed by atoms with Gasteiger partial charge in [0, 0.05) is 24.6 Å². The summed E-state index contributed by atoms with van der Waals surface area (Å²) in [6.45, 7) is 7.30. The minimum atomic E-state index is -0.915. The number of hydrogen-bond donors (Lipinski definition) is 2. The number of hydroxylamine groups is 1. The lowest BCUT2D eigenvalue weighted by Gasteiger charge is -2.28. The fraction of sp³-hybridized carbons (Fsp3) is 0.571. The minimum absolute atomic E-state index is 0.0939. The third kappa shape index (κ3) is 6.43. The second-order valence-corrected chi connectivity index (χ2v) is 8.52. The third-order valence-electron chi connectivity index (χ3n) is 4.91. The SMILES string of the molecule is CC(C)ONC(=O)[C@@H](NC(=O)C[C@@H]1CCC(=S)N1Cc1cccc(F)c1F)C(C)C. The summed E-state index contributed by atoms with van der Waals surface area (Å²) >= 11 is 5.37. The molecule has 1 aliphatic heterocycles.